The predicted molar refractivity (Wildman–Crippen MR) is 86.3 cm³/mol. The molecule has 0 bridgehead atoms. The van der Waals surface area contributed by atoms with Gasteiger partial charge < -0.3 is 20.1 Å². The molecule has 6 heteroatoms. The molecule has 2 rings (SSSR count). The fourth-order valence-corrected chi connectivity index (χ4v) is 2.35. The van der Waals surface area contributed by atoms with Crippen molar-refractivity contribution in [1.29, 1.82) is 0 Å². The Hall–Kier alpha value is -2.24. The van der Waals surface area contributed by atoms with Crippen LogP contribution in [0.3, 0.4) is 0 Å². The Morgan fingerprint density at radius 3 is 2.78 bits per heavy atom. The number of carbonyl (C=O) groups is 2. The Morgan fingerprint density at radius 2 is 2.04 bits per heavy atom. The number of nitrogens with one attached hydrogen (secondary N) is 2. The molecule has 23 heavy (non-hydrogen) atoms. The van der Waals surface area contributed by atoms with Gasteiger partial charge in [-0.1, -0.05) is 18.2 Å². The molecular weight excluding hydrogens is 296 g/mol. The van der Waals surface area contributed by atoms with Crippen LogP contribution in [0.2, 0.25) is 0 Å². The van der Waals surface area contributed by atoms with Crippen LogP contribution in [-0.4, -0.2) is 30.8 Å². The number of amides is 2. The molecule has 1 heterocycles. The normalized spacial score (nSPS) is 16.7. The van der Waals surface area contributed by atoms with Crippen LogP contribution >= 0.6 is 0 Å². The van der Waals surface area contributed by atoms with Crippen molar-refractivity contribution >= 4 is 12.0 Å². The first-order valence-corrected chi connectivity index (χ1v) is 7.83. The van der Waals surface area contributed by atoms with E-state index in [0.717, 1.165) is 17.7 Å². The van der Waals surface area contributed by atoms with Gasteiger partial charge in [0.25, 0.3) is 0 Å². The van der Waals surface area contributed by atoms with E-state index in [1.54, 1.807) is 20.8 Å². The first kappa shape index (κ1) is 17.1. The maximum absolute atomic E-state index is 12.0. The van der Waals surface area contributed by atoms with Gasteiger partial charge in [-0.15, -0.1) is 0 Å². The van der Waals surface area contributed by atoms with Gasteiger partial charge in [-0.3, -0.25) is 4.79 Å². The highest BCUT2D eigenvalue weighted by Crippen LogP contribution is 2.31. The van der Waals surface area contributed by atoms with Gasteiger partial charge in [0.15, 0.2) is 0 Å². The fourth-order valence-electron chi connectivity index (χ4n) is 2.35. The van der Waals surface area contributed by atoms with Crippen LogP contribution in [0.5, 0.6) is 5.75 Å². The van der Waals surface area contributed by atoms with E-state index in [9.17, 15) is 9.59 Å². The minimum Gasteiger partial charge on any atom is -0.493 e. The topological polar surface area (TPSA) is 76.7 Å². The lowest BCUT2D eigenvalue weighted by Gasteiger charge is -2.26. The van der Waals surface area contributed by atoms with E-state index in [1.165, 1.54) is 0 Å². The minimum atomic E-state index is -0.544. The Balaban J connectivity index is 1.77. The molecule has 1 aliphatic rings. The molecule has 0 unspecified atom stereocenters. The van der Waals surface area contributed by atoms with E-state index in [1.807, 2.05) is 24.3 Å². The molecule has 0 aromatic heterocycles. The van der Waals surface area contributed by atoms with Crippen molar-refractivity contribution in [3.63, 3.8) is 0 Å². The monoisotopic (exact) mass is 320 g/mol. The molecule has 0 saturated carbocycles. The van der Waals surface area contributed by atoms with Crippen molar-refractivity contribution in [3.8, 4) is 5.75 Å². The molecule has 0 saturated heterocycles. The van der Waals surface area contributed by atoms with Crippen LogP contribution in [0, 0.1) is 0 Å². The maximum Gasteiger partial charge on any atom is 0.407 e. The summed E-state index contributed by atoms with van der Waals surface area (Å²) in [4.78, 5) is 23.6. The third-order valence-electron chi connectivity index (χ3n) is 3.31. The second kappa shape index (κ2) is 7.35. The average molecular weight is 320 g/mol. The van der Waals surface area contributed by atoms with Crippen LogP contribution in [0.1, 0.15) is 45.2 Å². The molecule has 0 aliphatic carbocycles. The van der Waals surface area contributed by atoms with Crippen LogP contribution in [-0.2, 0) is 9.53 Å². The lowest BCUT2D eigenvalue weighted by molar-refractivity contribution is -0.121. The van der Waals surface area contributed by atoms with Gasteiger partial charge in [0, 0.05) is 24.9 Å². The highest BCUT2D eigenvalue weighted by Gasteiger charge is 2.22. The number of ether oxygens (including phenoxy) is 2. The van der Waals surface area contributed by atoms with E-state index in [0.29, 0.717) is 6.61 Å². The molecule has 6 nitrogen and oxygen atoms in total. The van der Waals surface area contributed by atoms with Crippen molar-refractivity contribution in [2.75, 3.05) is 13.2 Å². The molecule has 0 fully saturated rings. The smallest absolute Gasteiger partial charge is 0.407 e. The summed E-state index contributed by atoms with van der Waals surface area (Å²) in [6.45, 7) is 6.20. The second-order valence-corrected chi connectivity index (χ2v) is 6.47. The number of para-hydroxylation sites is 1. The SMILES string of the molecule is CC(C)(C)OC(=O)NCCC(=O)N[C@@H]1CCOc2ccccc21. The maximum atomic E-state index is 12.0. The van der Waals surface area contributed by atoms with E-state index in [-0.39, 0.29) is 24.9 Å². The van der Waals surface area contributed by atoms with Crippen molar-refractivity contribution < 1.29 is 19.1 Å². The number of benzene rings is 1. The Labute approximate surface area is 136 Å². The van der Waals surface area contributed by atoms with E-state index in [4.69, 9.17) is 9.47 Å². The third-order valence-corrected chi connectivity index (χ3v) is 3.31. The van der Waals surface area contributed by atoms with E-state index >= 15 is 0 Å². The summed E-state index contributed by atoms with van der Waals surface area (Å²) in [5.41, 5.74) is 0.449. The van der Waals surface area contributed by atoms with Gasteiger partial charge in [-0.05, 0) is 26.8 Å². The standard InChI is InChI=1S/C17H24N2O4/c1-17(2,3)23-16(21)18-10-8-15(20)19-13-9-11-22-14-7-5-4-6-12(13)14/h4-7,13H,8-11H2,1-3H3,(H,18,21)(H,19,20)/t13-/m1/s1. The summed E-state index contributed by atoms with van der Waals surface area (Å²) < 4.78 is 10.7. The lowest BCUT2D eigenvalue weighted by atomic mass is 10.0. The van der Waals surface area contributed by atoms with Gasteiger partial charge in [0.2, 0.25) is 5.91 Å². The first-order chi connectivity index (χ1) is 10.8. The minimum absolute atomic E-state index is 0.0472. The number of fused-ring (bicyclic) bond motifs is 1. The van der Waals surface area contributed by atoms with Crippen molar-refractivity contribution in [1.82, 2.24) is 10.6 Å². The number of alkyl carbamates (subject to hydrolysis) is 1. The number of hydrogen-bond donors (Lipinski definition) is 2. The van der Waals surface area contributed by atoms with Gasteiger partial charge in [-0.2, -0.15) is 0 Å². The van der Waals surface area contributed by atoms with Gasteiger partial charge in [0.1, 0.15) is 11.4 Å². The summed E-state index contributed by atoms with van der Waals surface area (Å²) in [5.74, 6) is 0.707. The summed E-state index contributed by atoms with van der Waals surface area (Å²) in [6.07, 6.45) is 0.433. The zero-order valence-electron chi connectivity index (χ0n) is 13.8. The molecule has 0 radical (unpaired) electrons. The number of hydrogen-bond acceptors (Lipinski definition) is 4. The number of rotatable bonds is 4. The highest BCUT2D eigenvalue weighted by molar-refractivity contribution is 5.77. The van der Waals surface area contributed by atoms with E-state index in [2.05, 4.69) is 10.6 Å². The van der Waals surface area contributed by atoms with Gasteiger partial charge >= 0.3 is 6.09 Å². The Bertz CT molecular complexity index is 566. The summed E-state index contributed by atoms with van der Waals surface area (Å²) >= 11 is 0. The summed E-state index contributed by atoms with van der Waals surface area (Å²) in [7, 11) is 0. The number of carbonyl (C=O) groups excluding carboxylic acids is 2. The van der Waals surface area contributed by atoms with E-state index < -0.39 is 11.7 Å². The summed E-state index contributed by atoms with van der Waals surface area (Å²) in [6, 6.07) is 7.65. The van der Waals surface area contributed by atoms with Crippen LogP contribution in [0.4, 0.5) is 4.79 Å². The molecule has 1 aliphatic heterocycles. The van der Waals surface area contributed by atoms with Crippen LogP contribution in [0.25, 0.3) is 0 Å². The predicted octanol–water partition coefficient (Wildman–Crippen LogP) is 2.54. The van der Waals surface area contributed by atoms with Crippen molar-refractivity contribution in [2.45, 2.75) is 45.3 Å². The second-order valence-electron chi connectivity index (χ2n) is 6.47. The van der Waals surface area contributed by atoms with Crippen molar-refractivity contribution in [2.24, 2.45) is 0 Å². The van der Waals surface area contributed by atoms with Crippen LogP contribution < -0.4 is 15.4 Å². The zero-order chi connectivity index (χ0) is 16.9. The molecule has 2 N–H and O–H groups in total. The van der Waals surface area contributed by atoms with Crippen LogP contribution in [0.15, 0.2) is 24.3 Å². The summed E-state index contributed by atoms with van der Waals surface area (Å²) in [5, 5.41) is 5.57. The van der Waals surface area contributed by atoms with Gasteiger partial charge in [0.05, 0.1) is 12.6 Å². The molecular formula is C17H24N2O4. The quantitative estimate of drug-likeness (QED) is 0.894. The molecule has 0 spiro atoms. The first-order valence-electron chi connectivity index (χ1n) is 7.83. The molecule has 126 valence electrons. The largest absolute Gasteiger partial charge is 0.493 e. The fraction of sp³-hybridized carbons (Fsp3) is 0.529. The lowest BCUT2D eigenvalue weighted by Crippen LogP contribution is -2.36. The highest BCUT2D eigenvalue weighted by atomic mass is 16.6. The third kappa shape index (κ3) is 5.47. The molecule has 2 amide bonds. The average Bonchev–Trinajstić information content (AvgIpc) is 2.45. The molecule has 1 atom stereocenters. The molecule has 1 aromatic rings. The molecule has 1 aromatic carbocycles. The van der Waals surface area contributed by atoms with Gasteiger partial charge in [-0.25, -0.2) is 4.79 Å². The van der Waals surface area contributed by atoms with Crippen molar-refractivity contribution in [3.05, 3.63) is 29.8 Å². The Kier molecular flexibility index (Phi) is 5.47. The Morgan fingerprint density at radius 1 is 1.30 bits per heavy atom. The zero-order valence-corrected chi connectivity index (χ0v) is 13.8.